The van der Waals surface area contributed by atoms with Crippen LogP contribution in [0, 0.1) is 11.8 Å². The van der Waals surface area contributed by atoms with Crippen LogP contribution in [0.25, 0.3) is 0 Å². The number of carbonyl (C=O) groups excluding carboxylic acids is 1. The van der Waals surface area contributed by atoms with Gasteiger partial charge in [0.15, 0.2) is 0 Å². The highest BCUT2D eigenvalue weighted by Crippen LogP contribution is 2.28. The van der Waals surface area contributed by atoms with Gasteiger partial charge in [-0.05, 0) is 55.2 Å². The number of piperidine rings is 1. The molecule has 0 radical (unpaired) electrons. The number of hydrogen-bond acceptors (Lipinski definition) is 4. The summed E-state index contributed by atoms with van der Waals surface area (Å²) >= 11 is 0. The Labute approximate surface area is 169 Å². The van der Waals surface area contributed by atoms with E-state index in [0.29, 0.717) is 17.9 Å². The standard InChI is InChI=1S/C23H36N2O3/c1-18(2)16-19-5-7-20(8-6-19)23(27)25-10-9-22(21(17-25)4-3-13-26)24-11-14-28-15-12-24/h5-8,18,21-22,26H,3-4,9-17H2,1-2H3/t21-,22+/m1/s1. The average Bonchev–Trinajstić information content (AvgIpc) is 2.72. The van der Waals surface area contributed by atoms with E-state index in [1.807, 2.05) is 17.0 Å². The van der Waals surface area contributed by atoms with E-state index in [1.165, 1.54) is 5.56 Å². The first-order valence-corrected chi connectivity index (χ1v) is 10.9. The Morgan fingerprint density at radius 2 is 1.89 bits per heavy atom. The quantitative estimate of drug-likeness (QED) is 0.780. The van der Waals surface area contributed by atoms with Crippen LogP contribution in [0.5, 0.6) is 0 Å². The van der Waals surface area contributed by atoms with Crippen molar-refractivity contribution < 1.29 is 14.6 Å². The molecule has 2 aliphatic rings. The van der Waals surface area contributed by atoms with Gasteiger partial charge in [0.1, 0.15) is 0 Å². The third-order valence-corrected chi connectivity index (χ3v) is 6.07. The summed E-state index contributed by atoms with van der Waals surface area (Å²) in [7, 11) is 0. The van der Waals surface area contributed by atoms with Crippen LogP contribution in [0.1, 0.15) is 49.0 Å². The smallest absolute Gasteiger partial charge is 0.253 e. The zero-order valence-electron chi connectivity index (χ0n) is 17.5. The molecule has 0 saturated carbocycles. The average molecular weight is 389 g/mol. The van der Waals surface area contributed by atoms with Crippen molar-refractivity contribution in [2.45, 2.75) is 45.6 Å². The van der Waals surface area contributed by atoms with Crippen LogP contribution in [0.2, 0.25) is 0 Å². The predicted molar refractivity (Wildman–Crippen MR) is 111 cm³/mol. The van der Waals surface area contributed by atoms with Crippen LogP contribution < -0.4 is 0 Å². The lowest BCUT2D eigenvalue weighted by atomic mass is 9.86. The van der Waals surface area contributed by atoms with E-state index in [0.717, 1.165) is 70.6 Å². The van der Waals surface area contributed by atoms with Gasteiger partial charge >= 0.3 is 0 Å². The molecule has 2 aliphatic heterocycles. The monoisotopic (exact) mass is 388 g/mol. The van der Waals surface area contributed by atoms with Gasteiger partial charge in [0.2, 0.25) is 0 Å². The van der Waals surface area contributed by atoms with E-state index >= 15 is 0 Å². The van der Waals surface area contributed by atoms with Crippen molar-refractivity contribution in [3.05, 3.63) is 35.4 Å². The molecule has 156 valence electrons. The summed E-state index contributed by atoms with van der Waals surface area (Å²) in [6, 6.07) is 8.65. The van der Waals surface area contributed by atoms with Gasteiger partial charge in [0.05, 0.1) is 13.2 Å². The molecule has 3 rings (SSSR count). The van der Waals surface area contributed by atoms with Crippen molar-refractivity contribution >= 4 is 5.91 Å². The highest BCUT2D eigenvalue weighted by Gasteiger charge is 2.35. The zero-order valence-corrected chi connectivity index (χ0v) is 17.5. The first kappa shape index (κ1) is 21.3. The number of likely N-dealkylation sites (tertiary alicyclic amines) is 1. The first-order valence-electron chi connectivity index (χ1n) is 10.9. The van der Waals surface area contributed by atoms with E-state index in [9.17, 15) is 9.90 Å². The number of nitrogens with zero attached hydrogens (tertiary/aromatic N) is 2. The predicted octanol–water partition coefficient (Wildman–Crippen LogP) is 2.82. The molecule has 28 heavy (non-hydrogen) atoms. The first-order chi connectivity index (χ1) is 13.6. The largest absolute Gasteiger partial charge is 0.396 e. The van der Waals surface area contributed by atoms with Crippen molar-refractivity contribution in [2.24, 2.45) is 11.8 Å². The molecule has 1 N–H and O–H groups in total. The molecule has 1 aromatic carbocycles. The summed E-state index contributed by atoms with van der Waals surface area (Å²) in [6.45, 7) is 9.80. The van der Waals surface area contributed by atoms with Crippen molar-refractivity contribution in [3.8, 4) is 0 Å². The Hall–Kier alpha value is -1.43. The van der Waals surface area contributed by atoms with Gasteiger partial charge in [-0.2, -0.15) is 0 Å². The molecule has 0 aromatic heterocycles. The minimum Gasteiger partial charge on any atom is -0.396 e. The Balaban J connectivity index is 1.64. The maximum Gasteiger partial charge on any atom is 0.253 e. The normalized spacial score (nSPS) is 23.9. The number of benzene rings is 1. The second-order valence-corrected chi connectivity index (χ2v) is 8.68. The molecule has 0 spiro atoms. The number of aliphatic hydroxyl groups is 1. The second-order valence-electron chi connectivity index (χ2n) is 8.68. The van der Waals surface area contributed by atoms with Crippen LogP contribution >= 0.6 is 0 Å². The Morgan fingerprint density at radius 3 is 2.54 bits per heavy atom. The number of carbonyl (C=O) groups is 1. The highest BCUT2D eigenvalue weighted by molar-refractivity contribution is 5.94. The fourth-order valence-electron chi connectivity index (χ4n) is 4.67. The third-order valence-electron chi connectivity index (χ3n) is 6.07. The molecule has 1 amide bonds. The number of rotatable bonds is 7. The van der Waals surface area contributed by atoms with E-state index in [-0.39, 0.29) is 12.5 Å². The number of ether oxygens (including phenoxy) is 1. The Bertz CT molecular complexity index is 611. The molecule has 0 unspecified atom stereocenters. The van der Waals surface area contributed by atoms with Gasteiger partial charge in [-0.25, -0.2) is 0 Å². The summed E-state index contributed by atoms with van der Waals surface area (Å²) < 4.78 is 5.51. The summed E-state index contributed by atoms with van der Waals surface area (Å²) in [5, 5.41) is 9.32. The lowest BCUT2D eigenvalue weighted by Crippen LogP contribution is -2.55. The Kier molecular flexibility index (Phi) is 7.89. The number of aliphatic hydroxyl groups excluding tert-OH is 1. The molecule has 0 aliphatic carbocycles. The fourth-order valence-corrected chi connectivity index (χ4v) is 4.67. The summed E-state index contributed by atoms with van der Waals surface area (Å²) in [6.07, 6.45) is 3.82. The van der Waals surface area contributed by atoms with Crippen LogP contribution in [-0.2, 0) is 11.2 Å². The van der Waals surface area contributed by atoms with E-state index in [4.69, 9.17) is 4.74 Å². The molecule has 2 heterocycles. The van der Waals surface area contributed by atoms with Gasteiger partial charge in [-0.1, -0.05) is 26.0 Å². The molecule has 1 aromatic rings. The maximum atomic E-state index is 13.1. The van der Waals surface area contributed by atoms with Crippen molar-refractivity contribution in [3.63, 3.8) is 0 Å². The molecule has 5 heteroatoms. The van der Waals surface area contributed by atoms with E-state index in [2.05, 4.69) is 30.9 Å². The lowest BCUT2D eigenvalue weighted by molar-refractivity contribution is -0.0196. The zero-order chi connectivity index (χ0) is 19.9. The van der Waals surface area contributed by atoms with Crippen LogP contribution in [0.15, 0.2) is 24.3 Å². The molecule has 2 saturated heterocycles. The van der Waals surface area contributed by atoms with Crippen LogP contribution in [0.4, 0.5) is 0 Å². The number of amides is 1. The van der Waals surface area contributed by atoms with Crippen molar-refractivity contribution in [1.29, 1.82) is 0 Å². The summed E-state index contributed by atoms with van der Waals surface area (Å²) in [5.41, 5.74) is 2.08. The number of morpholine rings is 1. The third kappa shape index (κ3) is 5.56. The van der Waals surface area contributed by atoms with Gasteiger partial charge in [0, 0.05) is 44.4 Å². The van der Waals surface area contributed by atoms with Gasteiger partial charge in [-0.15, -0.1) is 0 Å². The summed E-state index contributed by atoms with van der Waals surface area (Å²) in [4.78, 5) is 17.6. The Morgan fingerprint density at radius 1 is 1.18 bits per heavy atom. The van der Waals surface area contributed by atoms with Crippen LogP contribution in [-0.4, -0.2) is 72.9 Å². The van der Waals surface area contributed by atoms with Gasteiger partial charge < -0.3 is 14.7 Å². The highest BCUT2D eigenvalue weighted by atomic mass is 16.5. The second kappa shape index (κ2) is 10.4. The fraction of sp³-hybridized carbons (Fsp3) is 0.696. The minimum atomic E-state index is 0.144. The molecular formula is C23H36N2O3. The topological polar surface area (TPSA) is 53.0 Å². The molecule has 0 bridgehead atoms. The maximum absolute atomic E-state index is 13.1. The lowest BCUT2D eigenvalue weighted by Gasteiger charge is -2.45. The SMILES string of the molecule is CC(C)Cc1ccc(C(=O)N2CC[C@H](N3CCOCC3)[C@H](CCCO)C2)cc1. The molecule has 2 fully saturated rings. The van der Waals surface area contributed by atoms with E-state index in [1.54, 1.807) is 0 Å². The van der Waals surface area contributed by atoms with Crippen molar-refractivity contribution in [2.75, 3.05) is 46.0 Å². The number of hydrogen-bond donors (Lipinski definition) is 1. The molecule has 2 atom stereocenters. The molecular weight excluding hydrogens is 352 g/mol. The van der Waals surface area contributed by atoms with Crippen molar-refractivity contribution in [1.82, 2.24) is 9.80 Å². The minimum absolute atomic E-state index is 0.144. The van der Waals surface area contributed by atoms with Gasteiger partial charge in [0.25, 0.3) is 5.91 Å². The molecule has 5 nitrogen and oxygen atoms in total. The van der Waals surface area contributed by atoms with Crippen LogP contribution in [0.3, 0.4) is 0 Å². The summed E-state index contributed by atoms with van der Waals surface area (Å²) in [5.74, 6) is 1.18. The van der Waals surface area contributed by atoms with E-state index < -0.39 is 0 Å². The van der Waals surface area contributed by atoms with Gasteiger partial charge in [-0.3, -0.25) is 9.69 Å².